The first kappa shape index (κ1) is 18.6. The molecule has 3 heterocycles. The van der Waals surface area contributed by atoms with Crippen LogP contribution < -0.4 is 15.5 Å². The molecular weight excluding hydrogens is 348 g/mol. The van der Waals surface area contributed by atoms with E-state index in [2.05, 4.69) is 41.8 Å². The van der Waals surface area contributed by atoms with Crippen LogP contribution in [-0.2, 0) is 6.42 Å². The summed E-state index contributed by atoms with van der Waals surface area (Å²) in [7, 11) is 0. The van der Waals surface area contributed by atoms with Crippen molar-refractivity contribution in [2.24, 2.45) is 0 Å². The van der Waals surface area contributed by atoms with E-state index < -0.39 is 0 Å². The van der Waals surface area contributed by atoms with Gasteiger partial charge >= 0.3 is 6.03 Å². The highest BCUT2D eigenvalue weighted by Crippen LogP contribution is 2.10. The Morgan fingerprint density at radius 2 is 1.85 bits per heavy atom. The Kier molecular flexibility index (Phi) is 7.21. The van der Waals surface area contributed by atoms with E-state index in [-0.39, 0.29) is 6.03 Å². The highest BCUT2D eigenvalue weighted by Gasteiger charge is 2.18. The van der Waals surface area contributed by atoms with Gasteiger partial charge in [-0.3, -0.25) is 4.90 Å². The van der Waals surface area contributed by atoms with Gasteiger partial charge in [-0.15, -0.1) is 11.3 Å². The van der Waals surface area contributed by atoms with Crippen LogP contribution in [0.4, 0.5) is 10.7 Å². The molecule has 1 saturated heterocycles. The maximum absolute atomic E-state index is 11.8. The molecule has 2 amide bonds. The van der Waals surface area contributed by atoms with E-state index in [4.69, 9.17) is 0 Å². The maximum Gasteiger partial charge on any atom is 0.314 e. The fourth-order valence-electron chi connectivity index (χ4n) is 2.95. The molecule has 0 aromatic carbocycles. The quantitative estimate of drug-likeness (QED) is 0.687. The fraction of sp³-hybridized carbons (Fsp3) is 0.500. The predicted molar refractivity (Wildman–Crippen MR) is 105 cm³/mol. The van der Waals surface area contributed by atoms with E-state index in [9.17, 15) is 4.79 Å². The number of nitrogens with one attached hydrogen (secondary N) is 2. The minimum absolute atomic E-state index is 0.0763. The molecule has 1 aliphatic heterocycles. The van der Waals surface area contributed by atoms with Crippen LogP contribution in [0.1, 0.15) is 11.3 Å². The van der Waals surface area contributed by atoms with Gasteiger partial charge in [0.25, 0.3) is 0 Å². The zero-order chi connectivity index (χ0) is 18.0. The highest BCUT2D eigenvalue weighted by molar-refractivity contribution is 7.09. The number of carbonyl (C=O) groups is 1. The average Bonchev–Trinajstić information content (AvgIpc) is 3.20. The van der Waals surface area contributed by atoms with Gasteiger partial charge in [-0.05, 0) is 36.9 Å². The molecule has 0 spiro atoms. The van der Waals surface area contributed by atoms with Crippen molar-refractivity contribution in [3.05, 3.63) is 40.8 Å². The molecule has 8 heteroatoms. The third-order valence-electron chi connectivity index (χ3n) is 4.38. The first-order valence-corrected chi connectivity index (χ1v) is 9.97. The first-order chi connectivity index (χ1) is 12.8. The SMILES string of the molecule is O=C(NCCCN1CCN(c2ncccn2)CC1)NCCc1cccs1. The maximum atomic E-state index is 11.8. The van der Waals surface area contributed by atoms with E-state index in [0.29, 0.717) is 13.1 Å². The van der Waals surface area contributed by atoms with Gasteiger partial charge in [-0.2, -0.15) is 0 Å². The smallest absolute Gasteiger partial charge is 0.314 e. The Balaban J connectivity index is 1.22. The molecule has 2 N–H and O–H groups in total. The molecule has 0 aliphatic carbocycles. The molecule has 3 rings (SSSR count). The zero-order valence-corrected chi connectivity index (χ0v) is 15.7. The van der Waals surface area contributed by atoms with Gasteiger partial charge in [0.1, 0.15) is 0 Å². The molecule has 26 heavy (non-hydrogen) atoms. The number of aromatic nitrogens is 2. The largest absolute Gasteiger partial charge is 0.338 e. The number of urea groups is 1. The van der Waals surface area contributed by atoms with Crippen molar-refractivity contribution in [3.8, 4) is 0 Å². The Labute approximate surface area is 158 Å². The highest BCUT2D eigenvalue weighted by atomic mass is 32.1. The Bertz CT molecular complexity index is 643. The minimum Gasteiger partial charge on any atom is -0.338 e. The molecule has 0 saturated carbocycles. The van der Waals surface area contributed by atoms with Crippen LogP contribution >= 0.6 is 11.3 Å². The van der Waals surface area contributed by atoms with Crippen molar-refractivity contribution in [1.29, 1.82) is 0 Å². The van der Waals surface area contributed by atoms with E-state index in [1.54, 1.807) is 23.7 Å². The zero-order valence-electron chi connectivity index (χ0n) is 14.9. The number of nitrogens with zero attached hydrogens (tertiary/aromatic N) is 4. The summed E-state index contributed by atoms with van der Waals surface area (Å²) in [6, 6.07) is 5.89. The van der Waals surface area contributed by atoms with E-state index in [1.165, 1.54) is 4.88 Å². The lowest BCUT2D eigenvalue weighted by Gasteiger charge is -2.34. The first-order valence-electron chi connectivity index (χ1n) is 9.09. The van der Waals surface area contributed by atoms with Crippen LogP contribution in [0.3, 0.4) is 0 Å². The number of hydrogen-bond donors (Lipinski definition) is 2. The minimum atomic E-state index is -0.0763. The Hall–Kier alpha value is -2.19. The normalized spacial score (nSPS) is 15.0. The van der Waals surface area contributed by atoms with Crippen LogP contribution in [0, 0.1) is 0 Å². The van der Waals surface area contributed by atoms with Crippen LogP contribution in [0.2, 0.25) is 0 Å². The molecule has 0 unspecified atom stereocenters. The topological polar surface area (TPSA) is 73.4 Å². The molecule has 0 atom stereocenters. The van der Waals surface area contributed by atoms with E-state index >= 15 is 0 Å². The second-order valence-electron chi connectivity index (χ2n) is 6.24. The standard InChI is InChI=1S/C18H26N6OS/c25-18(22-9-5-16-4-1-15-26-16)21-8-3-10-23-11-13-24(14-12-23)17-19-6-2-7-20-17/h1-2,4,6-7,15H,3,5,8-14H2,(H2,21,22,25). The number of piperazine rings is 1. The third-order valence-corrected chi connectivity index (χ3v) is 5.32. The molecule has 1 aliphatic rings. The summed E-state index contributed by atoms with van der Waals surface area (Å²) >= 11 is 1.72. The molecule has 7 nitrogen and oxygen atoms in total. The predicted octanol–water partition coefficient (Wildman–Crippen LogP) is 1.59. The van der Waals surface area contributed by atoms with Gasteiger partial charge in [0.2, 0.25) is 5.95 Å². The van der Waals surface area contributed by atoms with Crippen LogP contribution in [0.15, 0.2) is 36.0 Å². The number of thiophene rings is 1. The lowest BCUT2D eigenvalue weighted by molar-refractivity contribution is 0.236. The second-order valence-corrected chi connectivity index (χ2v) is 7.28. The van der Waals surface area contributed by atoms with E-state index in [1.807, 2.05) is 12.1 Å². The van der Waals surface area contributed by atoms with Gasteiger partial charge in [0.15, 0.2) is 0 Å². The van der Waals surface area contributed by atoms with Crippen molar-refractivity contribution in [2.45, 2.75) is 12.8 Å². The van der Waals surface area contributed by atoms with Crippen molar-refractivity contribution >= 4 is 23.3 Å². The van der Waals surface area contributed by atoms with Gasteiger partial charge in [0, 0.05) is 56.5 Å². The van der Waals surface area contributed by atoms with E-state index in [0.717, 1.165) is 51.5 Å². The van der Waals surface area contributed by atoms with Gasteiger partial charge in [0.05, 0.1) is 0 Å². The monoisotopic (exact) mass is 374 g/mol. The van der Waals surface area contributed by atoms with Crippen molar-refractivity contribution in [3.63, 3.8) is 0 Å². The summed E-state index contributed by atoms with van der Waals surface area (Å²) in [5.41, 5.74) is 0. The Morgan fingerprint density at radius 1 is 1.08 bits per heavy atom. The average molecular weight is 375 g/mol. The number of hydrogen-bond acceptors (Lipinski definition) is 6. The molecule has 2 aromatic heterocycles. The lowest BCUT2D eigenvalue weighted by Crippen LogP contribution is -2.47. The summed E-state index contributed by atoms with van der Waals surface area (Å²) in [5, 5.41) is 7.90. The molecule has 0 radical (unpaired) electrons. The molecular formula is C18H26N6OS. The second kappa shape index (κ2) is 10.1. The summed E-state index contributed by atoms with van der Waals surface area (Å²) in [6.45, 7) is 6.28. The van der Waals surface area contributed by atoms with Crippen molar-refractivity contribution in [1.82, 2.24) is 25.5 Å². The summed E-state index contributed by atoms with van der Waals surface area (Å²) < 4.78 is 0. The van der Waals surface area contributed by atoms with Gasteiger partial charge < -0.3 is 15.5 Å². The van der Waals surface area contributed by atoms with Gasteiger partial charge in [-0.1, -0.05) is 6.07 Å². The fourth-order valence-corrected chi connectivity index (χ4v) is 3.66. The summed E-state index contributed by atoms with van der Waals surface area (Å²) in [5.74, 6) is 0.813. The van der Waals surface area contributed by atoms with Crippen molar-refractivity contribution < 1.29 is 4.79 Å². The molecule has 0 bridgehead atoms. The molecule has 2 aromatic rings. The lowest BCUT2D eigenvalue weighted by atomic mass is 10.3. The number of rotatable bonds is 8. The third kappa shape index (κ3) is 5.96. The van der Waals surface area contributed by atoms with Gasteiger partial charge in [-0.25, -0.2) is 14.8 Å². The number of carbonyl (C=O) groups excluding carboxylic acids is 1. The van der Waals surface area contributed by atoms with Crippen LogP contribution in [-0.4, -0.2) is 66.7 Å². The summed E-state index contributed by atoms with van der Waals surface area (Å²) in [6.07, 6.45) is 5.42. The van der Waals surface area contributed by atoms with Crippen LogP contribution in [0.25, 0.3) is 0 Å². The molecule has 1 fully saturated rings. The molecule has 140 valence electrons. The summed E-state index contributed by atoms with van der Waals surface area (Å²) in [4.78, 5) is 26.3. The number of anilines is 1. The van der Waals surface area contributed by atoms with Crippen LogP contribution in [0.5, 0.6) is 0 Å². The van der Waals surface area contributed by atoms with Crippen molar-refractivity contribution in [2.75, 3.05) is 50.7 Å². The Morgan fingerprint density at radius 3 is 2.58 bits per heavy atom. The number of amides is 2.